The van der Waals surface area contributed by atoms with Gasteiger partial charge in [0.1, 0.15) is 11.8 Å². The SMILES string of the molecule is COc1c(C(N)C(=O)O)cc(Cl)cc1C(C)(C)C. The molecule has 0 aromatic heterocycles. The Hall–Kier alpha value is -1.26. The molecule has 1 rings (SSSR count). The second-order valence-electron chi connectivity index (χ2n) is 5.14. The highest BCUT2D eigenvalue weighted by Gasteiger charge is 2.26. The number of carboxylic acids is 1. The molecule has 18 heavy (non-hydrogen) atoms. The summed E-state index contributed by atoms with van der Waals surface area (Å²) in [7, 11) is 1.50. The van der Waals surface area contributed by atoms with Crippen molar-refractivity contribution in [3.05, 3.63) is 28.3 Å². The predicted molar refractivity (Wildman–Crippen MR) is 71.3 cm³/mol. The molecular weight excluding hydrogens is 254 g/mol. The van der Waals surface area contributed by atoms with Crippen LogP contribution in [-0.4, -0.2) is 18.2 Å². The summed E-state index contributed by atoms with van der Waals surface area (Å²) in [5.74, 6) is -0.628. The molecule has 0 aliphatic rings. The molecule has 5 heteroatoms. The van der Waals surface area contributed by atoms with Gasteiger partial charge >= 0.3 is 5.97 Å². The molecule has 0 aliphatic heterocycles. The van der Waals surface area contributed by atoms with Crippen molar-refractivity contribution in [2.75, 3.05) is 7.11 Å². The van der Waals surface area contributed by atoms with Gasteiger partial charge in [0.05, 0.1) is 7.11 Å². The third-order valence-corrected chi connectivity index (χ3v) is 2.91. The van der Waals surface area contributed by atoms with Crippen molar-refractivity contribution in [1.29, 1.82) is 0 Å². The molecule has 4 nitrogen and oxygen atoms in total. The normalized spacial score (nSPS) is 13.2. The van der Waals surface area contributed by atoms with E-state index in [9.17, 15) is 4.79 Å². The molecular formula is C13H18ClNO3. The van der Waals surface area contributed by atoms with E-state index in [2.05, 4.69) is 0 Å². The van der Waals surface area contributed by atoms with Crippen LogP contribution < -0.4 is 10.5 Å². The van der Waals surface area contributed by atoms with Crippen molar-refractivity contribution in [2.24, 2.45) is 5.73 Å². The minimum absolute atomic E-state index is 0.219. The van der Waals surface area contributed by atoms with Crippen molar-refractivity contribution < 1.29 is 14.6 Å². The van der Waals surface area contributed by atoms with Crippen LogP contribution in [-0.2, 0) is 10.2 Å². The van der Waals surface area contributed by atoms with Gasteiger partial charge in [0.2, 0.25) is 0 Å². The highest BCUT2D eigenvalue weighted by Crippen LogP contribution is 2.38. The number of hydrogen-bond acceptors (Lipinski definition) is 3. The summed E-state index contributed by atoms with van der Waals surface area (Å²) in [4.78, 5) is 11.0. The average molecular weight is 272 g/mol. The Morgan fingerprint density at radius 3 is 2.39 bits per heavy atom. The average Bonchev–Trinajstić information content (AvgIpc) is 2.25. The van der Waals surface area contributed by atoms with Crippen LogP contribution in [0.1, 0.15) is 37.9 Å². The molecule has 0 spiro atoms. The predicted octanol–water partition coefficient (Wildman–Crippen LogP) is 2.73. The Morgan fingerprint density at radius 2 is 2.00 bits per heavy atom. The molecule has 0 fully saturated rings. The highest BCUT2D eigenvalue weighted by atomic mass is 35.5. The van der Waals surface area contributed by atoms with Gasteiger partial charge in [-0.3, -0.25) is 4.79 Å². The highest BCUT2D eigenvalue weighted by molar-refractivity contribution is 6.30. The van der Waals surface area contributed by atoms with E-state index in [1.165, 1.54) is 13.2 Å². The van der Waals surface area contributed by atoms with E-state index < -0.39 is 12.0 Å². The Balaban J connectivity index is 3.52. The van der Waals surface area contributed by atoms with E-state index in [1.54, 1.807) is 6.07 Å². The maximum Gasteiger partial charge on any atom is 0.325 e. The van der Waals surface area contributed by atoms with Crippen molar-refractivity contribution in [3.63, 3.8) is 0 Å². The van der Waals surface area contributed by atoms with Gasteiger partial charge in [-0.15, -0.1) is 0 Å². The van der Waals surface area contributed by atoms with Crippen LogP contribution >= 0.6 is 11.6 Å². The maximum atomic E-state index is 11.0. The zero-order valence-electron chi connectivity index (χ0n) is 11.0. The molecule has 0 heterocycles. The molecule has 0 saturated carbocycles. The Kier molecular flexibility index (Phi) is 4.24. The third-order valence-electron chi connectivity index (χ3n) is 2.70. The molecule has 0 aliphatic carbocycles. The van der Waals surface area contributed by atoms with Crippen LogP contribution in [0.3, 0.4) is 0 Å². The molecule has 1 aromatic carbocycles. The lowest BCUT2D eigenvalue weighted by Crippen LogP contribution is -2.23. The number of carbonyl (C=O) groups is 1. The summed E-state index contributed by atoms with van der Waals surface area (Å²) in [6.45, 7) is 5.99. The van der Waals surface area contributed by atoms with Gasteiger partial charge in [-0.2, -0.15) is 0 Å². The van der Waals surface area contributed by atoms with E-state index in [1.807, 2.05) is 20.8 Å². The van der Waals surface area contributed by atoms with E-state index in [-0.39, 0.29) is 5.41 Å². The molecule has 0 radical (unpaired) electrons. The van der Waals surface area contributed by atoms with Crippen molar-refractivity contribution in [1.82, 2.24) is 0 Å². The molecule has 1 atom stereocenters. The minimum atomic E-state index is -1.15. The smallest absolute Gasteiger partial charge is 0.325 e. The molecule has 0 saturated heterocycles. The number of rotatable bonds is 3. The Bertz CT molecular complexity index is 466. The Morgan fingerprint density at radius 1 is 1.44 bits per heavy atom. The topological polar surface area (TPSA) is 72.5 Å². The molecule has 3 N–H and O–H groups in total. The first kappa shape index (κ1) is 14.8. The number of carboxylic acid groups (broad SMARTS) is 1. The van der Waals surface area contributed by atoms with Crippen molar-refractivity contribution >= 4 is 17.6 Å². The zero-order chi connectivity index (χ0) is 14.1. The summed E-state index contributed by atoms with van der Waals surface area (Å²) in [6.07, 6.45) is 0. The van der Waals surface area contributed by atoms with Crippen LogP contribution in [0.15, 0.2) is 12.1 Å². The summed E-state index contributed by atoms with van der Waals surface area (Å²) < 4.78 is 5.33. The second-order valence-corrected chi connectivity index (χ2v) is 5.58. The number of ether oxygens (including phenoxy) is 1. The van der Waals surface area contributed by atoms with E-state index in [4.69, 9.17) is 27.2 Å². The number of halogens is 1. The summed E-state index contributed by atoms with van der Waals surface area (Å²) in [5.41, 5.74) is 6.67. The maximum absolute atomic E-state index is 11.0. The van der Waals surface area contributed by atoms with Crippen LogP contribution in [0, 0.1) is 0 Å². The Labute approximate surface area is 112 Å². The van der Waals surface area contributed by atoms with Gasteiger partial charge in [-0.1, -0.05) is 32.4 Å². The number of nitrogens with two attached hydrogens (primary N) is 1. The lowest BCUT2D eigenvalue weighted by Gasteiger charge is -2.25. The number of methoxy groups -OCH3 is 1. The van der Waals surface area contributed by atoms with E-state index in [0.717, 1.165) is 5.56 Å². The lowest BCUT2D eigenvalue weighted by molar-refractivity contribution is -0.138. The minimum Gasteiger partial charge on any atom is -0.496 e. The van der Waals surface area contributed by atoms with Gasteiger partial charge in [0.25, 0.3) is 0 Å². The molecule has 0 amide bonds. The second kappa shape index (κ2) is 5.16. The van der Waals surface area contributed by atoms with Gasteiger partial charge in [-0.05, 0) is 17.5 Å². The quantitative estimate of drug-likeness (QED) is 0.887. The van der Waals surface area contributed by atoms with Gasteiger partial charge < -0.3 is 15.6 Å². The number of aliphatic carboxylic acids is 1. The van der Waals surface area contributed by atoms with Gasteiger partial charge in [-0.25, -0.2) is 0 Å². The first-order valence-electron chi connectivity index (χ1n) is 5.54. The van der Waals surface area contributed by atoms with Crippen LogP contribution in [0.25, 0.3) is 0 Å². The largest absolute Gasteiger partial charge is 0.496 e. The fourth-order valence-corrected chi connectivity index (χ4v) is 1.99. The van der Waals surface area contributed by atoms with Gasteiger partial charge in [0, 0.05) is 16.1 Å². The summed E-state index contributed by atoms with van der Waals surface area (Å²) >= 11 is 6.03. The van der Waals surface area contributed by atoms with Crippen LogP contribution in [0.5, 0.6) is 5.75 Å². The standard InChI is InChI=1S/C13H18ClNO3/c1-13(2,3)9-6-7(14)5-8(11(9)18-4)10(15)12(16)17/h5-6,10H,15H2,1-4H3,(H,16,17). The lowest BCUT2D eigenvalue weighted by atomic mass is 9.84. The van der Waals surface area contributed by atoms with Crippen LogP contribution in [0.4, 0.5) is 0 Å². The van der Waals surface area contributed by atoms with E-state index in [0.29, 0.717) is 16.3 Å². The fourth-order valence-electron chi connectivity index (χ4n) is 1.76. The molecule has 1 unspecified atom stereocenters. The summed E-state index contributed by atoms with van der Waals surface area (Å²) in [6, 6.07) is 2.16. The summed E-state index contributed by atoms with van der Waals surface area (Å²) in [5, 5.41) is 9.47. The molecule has 100 valence electrons. The number of benzene rings is 1. The fraction of sp³-hybridized carbons (Fsp3) is 0.462. The monoisotopic (exact) mass is 271 g/mol. The van der Waals surface area contributed by atoms with E-state index >= 15 is 0 Å². The van der Waals surface area contributed by atoms with Gasteiger partial charge in [0.15, 0.2) is 0 Å². The van der Waals surface area contributed by atoms with Crippen LogP contribution in [0.2, 0.25) is 5.02 Å². The third kappa shape index (κ3) is 2.94. The zero-order valence-corrected chi connectivity index (χ0v) is 11.7. The first-order valence-corrected chi connectivity index (χ1v) is 5.92. The molecule has 1 aromatic rings. The van der Waals surface area contributed by atoms with Crippen molar-refractivity contribution in [3.8, 4) is 5.75 Å². The number of hydrogen-bond donors (Lipinski definition) is 2. The first-order chi connectivity index (χ1) is 8.18. The van der Waals surface area contributed by atoms with Crippen molar-refractivity contribution in [2.45, 2.75) is 32.2 Å². The molecule has 0 bridgehead atoms.